The van der Waals surface area contributed by atoms with E-state index in [1.807, 2.05) is 32.0 Å². The van der Waals surface area contributed by atoms with Crippen LogP contribution in [0.1, 0.15) is 29.2 Å². The van der Waals surface area contributed by atoms with Gasteiger partial charge in [-0.15, -0.1) is 0 Å². The highest BCUT2D eigenvalue weighted by Gasteiger charge is 2.29. The highest BCUT2D eigenvalue weighted by atomic mass is 32.2. The number of carbonyl (C=O) groups is 1. The molecule has 0 aromatic heterocycles. The van der Waals surface area contributed by atoms with Crippen LogP contribution in [0.25, 0.3) is 0 Å². The summed E-state index contributed by atoms with van der Waals surface area (Å²) in [4.78, 5) is 15.2. The van der Waals surface area contributed by atoms with Crippen LogP contribution in [0, 0.1) is 13.8 Å². The van der Waals surface area contributed by atoms with Gasteiger partial charge in [0.1, 0.15) is 6.04 Å². The SMILES string of the molecule is Cc1cc(C)cc(N([C@@H](C)C(=O)NCc2ccc(CN3CCOCC3)cc2)S(C)(=O)=O)c1. The molecule has 1 aliphatic rings. The standard InChI is InChI=1S/C24H33N3O4S/c1-18-13-19(2)15-23(14-18)27(32(4,29)30)20(3)24(28)25-16-21-5-7-22(8-6-21)17-26-9-11-31-12-10-26/h5-8,13-15,20H,9-12,16-17H2,1-4H3,(H,25,28)/t20-/m0/s1. The Hall–Kier alpha value is -2.42. The number of nitrogens with zero attached hydrogens (tertiary/aromatic N) is 2. The van der Waals surface area contributed by atoms with E-state index in [-0.39, 0.29) is 5.91 Å². The van der Waals surface area contributed by atoms with Crippen LogP contribution < -0.4 is 9.62 Å². The Bertz CT molecular complexity index is 1010. The monoisotopic (exact) mass is 459 g/mol. The fraction of sp³-hybridized carbons (Fsp3) is 0.458. The number of amides is 1. The maximum absolute atomic E-state index is 12.8. The second-order valence-corrected chi connectivity index (χ2v) is 10.4. The molecular weight excluding hydrogens is 426 g/mol. The van der Waals surface area contributed by atoms with Crippen LogP contribution in [-0.4, -0.2) is 57.8 Å². The number of hydrogen-bond donors (Lipinski definition) is 1. The summed E-state index contributed by atoms with van der Waals surface area (Å²) in [5, 5.41) is 2.88. The van der Waals surface area contributed by atoms with Gasteiger partial charge in [0, 0.05) is 26.2 Å². The van der Waals surface area contributed by atoms with Gasteiger partial charge in [0.15, 0.2) is 0 Å². The molecule has 2 aromatic carbocycles. The molecule has 1 amide bonds. The number of carbonyl (C=O) groups excluding carboxylic acids is 1. The first-order valence-electron chi connectivity index (χ1n) is 10.9. The molecule has 1 N–H and O–H groups in total. The van der Waals surface area contributed by atoms with E-state index in [0.717, 1.165) is 55.8 Å². The first-order valence-corrected chi connectivity index (χ1v) is 12.7. The molecule has 0 unspecified atom stereocenters. The minimum Gasteiger partial charge on any atom is -0.379 e. The van der Waals surface area contributed by atoms with Crippen LogP contribution >= 0.6 is 0 Å². The molecule has 0 bridgehead atoms. The van der Waals surface area contributed by atoms with Crippen LogP contribution in [0.4, 0.5) is 5.69 Å². The smallest absolute Gasteiger partial charge is 0.243 e. The lowest BCUT2D eigenvalue weighted by atomic mass is 10.1. The van der Waals surface area contributed by atoms with Gasteiger partial charge < -0.3 is 10.1 Å². The summed E-state index contributed by atoms with van der Waals surface area (Å²) in [5.41, 5.74) is 4.57. The summed E-state index contributed by atoms with van der Waals surface area (Å²) in [7, 11) is -3.64. The average molecular weight is 460 g/mol. The fourth-order valence-electron chi connectivity index (χ4n) is 4.00. The van der Waals surface area contributed by atoms with E-state index in [2.05, 4.69) is 22.3 Å². The normalized spacial score (nSPS) is 15.9. The maximum atomic E-state index is 12.8. The molecule has 0 aliphatic carbocycles. The van der Waals surface area contributed by atoms with Gasteiger partial charge >= 0.3 is 0 Å². The zero-order chi connectivity index (χ0) is 23.3. The van der Waals surface area contributed by atoms with Crippen molar-refractivity contribution in [3.05, 3.63) is 64.7 Å². The van der Waals surface area contributed by atoms with Gasteiger partial charge in [0.05, 0.1) is 25.2 Å². The molecular formula is C24H33N3O4S. The van der Waals surface area contributed by atoms with Gasteiger partial charge in [-0.1, -0.05) is 30.3 Å². The average Bonchev–Trinajstić information content (AvgIpc) is 2.72. The van der Waals surface area contributed by atoms with Crippen molar-refractivity contribution in [2.24, 2.45) is 0 Å². The van der Waals surface area contributed by atoms with E-state index < -0.39 is 16.1 Å². The summed E-state index contributed by atoms with van der Waals surface area (Å²) >= 11 is 0. The van der Waals surface area contributed by atoms with Gasteiger partial charge in [-0.25, -0.2) is 8.42 Å². The highest BCUT2D eigenvalue weighted by molar-refractivity contribution is 7.92. The van der Waals surface area contributed by atoms with Gasteiger partial charge in [0.2, 0.25) is 15.9 Å². The number of morpholine rings is 1. The van der Waals surface area contributed by atoms with E-state index >= 15 is 0 Å². The molecule has 174 valence electrons. The lowest BCUT2D eigenvalue weighted by molar-refractivity contribution is -0.122. The lowest BCUT2D eigenvalue weighted by Gasteiger charge is -2.29. The Morgan fingerprint density at radius 2 is 1.62 bits per heavy atom. The summed E-state index contributed by atoms with van der Waals surface area (Å²) in [6.07, 6.45) is 1.13. The van der Waals surface area contributed by atoms with Crippen molar-refractivity contribution >= 4 is 21.6 Å². The van der Waals surface area contributed by atoms with Crippen LogP contribution in [0.3, 0.4) is 0 Å². The largest absolute Gasteiger partial charge is 0.379 e. The molecule has 0 spiro atoms. The molecule has 32 heavy (non-hydrogen) atoms. The number of benzene rings is 2. The molecule has 3 rings (SSSR count). The molecule has 0 saturated carbocycles. The number of aryl methyl sites for hydroxylation is 2. The van der Waals surface area contributed by atoms with Crippen molar-refractivity contribution < 1.29 is 17.9 Å². The van der Waals surface area contributed by atoms with Gasteiger partial charge in [0.25, 0.3) is 0 Å². The van der Waals surface area contributed by atoms with E-state index in [9.17, 15) is 13.2 Å². The van der Waals surface area contributed by atoms with Gasteiger partial charge in [-0.05, 0) is 55.2 Å². The van der Waals surface area contributed by atoms with Crippen molar-refractivity contribution in [3.63, 3.8) is 0 Å². The minimum absolute atomic E-state index is 0.339. The van der Waals surface area contributed by atoms with Crippen molar-refractivity contribution in [3.8, 4) is 0 Å². The first-order chi connectivity index (χ1) is 15.1. The van der Waals surface area contributed by atoms with E-state index in [0.29, 0.717) is 12.2 Å². The van der Waals surface area contributed by atoms with Gasteiger partial charge in [-0.2, -0.15) is 0 Å². The molecule has 0 radical (unpaired) electrons. The van der Waals surface area contributed by atoms with E-state index in [1.54, 1.807) is 19.1 Å². The molecule has 7 nitrogen and oxygen atoms in total. The molecule has 1 saturated heterocycles. The second kappa shape index (κ2) is 10.5. The number of hydrogen-bond acceptors (Lipinski definition) is 5. The van der Waals surface area contributed by atoms with Crippen molar-refractivity contribution in [1.29, 1.82) is 0 Å². The van der Waals surface area contributed by atoms with E-state index in [4.69, 9.17) is 4.74 Å². The summed E-state index contributed by atoms with van der Waals surface area (Å²) < 4.78 is 31.6. The summed E-state index contributed by atoms with van der Waals surface area (Å²) in [6, 6.07) is 12.8. The van der Waals surface area contributed by atoms with Crippen LogP contribution in [-0.2, 0) is 32.6 Å². The molecule has 1 atom stereocenters. The summed E-state index contributed by atoms with van der Waals surface area (Å²) in [5.74, 6) is -0.341. The quantitative estimate of drug-likeness (QED) is 0.657. The third-order valence-corrected chi connectivity index (χ3v) is 6.79. The first kappa shape index (κ1) is 24.2. The van der Waals surface area contributed by atoms with Crippen molar-refractivity contribution in [2.75, 3.05) is 36.9 Å². The predicted molar refractivity (Wildman–Crippen MR) is 127 cm³/mol. The maximum Gasteiger partial charge on any atom is 0.243 e. The van der Waals surface area contributed by atoms with E-state index in [1.165, 1.54) is 9.87 Å². The second-order valence-electron chi connectivity index (χ2n) is 8.50. The topological polar surface area (TPSA) is 79.0 Å². The zero-order valence-corrected chi connectivity index (χ0v) is 20.1. The molecule has 8 heteroatoms. The third kappa shape index (κ3) is 6.54. The Labute approximate surface area is 191 Å². The van der Waals surface area contributed by atoms with Crippen LogP contribution in [0.2, 0.25) is 0 Å². The number of rotatable bonds is 8. The Balaban J connectivity index is 1.63. The van der Waals surface area contributed by atoms with Crippen LogP contribution in [0.5, 0.6) is 0 Å². The van der Waals surface area contributed by atoms with Crippen LogP contribution in [0.15, 0.2) is 42.5 Å². The van der Waals surface area contributed by atoms with Crippen molar-refractivity contribution in [1.82, 2.24) is 10.2 Å². The van der Waals surface area contributed by atoms with Crippen molar-refractivity contribution in [2.45, 2.75) is 39.9 Å². The number of ether oxygens (including phenoxy) is 1. The lowest BCUT2D eigenvalue weighted by Crippen LogP contribution is -2.47. The molecule has 1 heterocycles. The number of sulfonamides is 1. The summed E-state index contributed by atoms with van der Waals surface area (Å²) in [6.45, 7) is 10.1. The van der Waals surface area contributed by atoms with Gasteiger partial charge in [-0.3, -0.25) is 14.0 Å². The molecule has 1 fully saturated rings. The Morgan fingerprint density at radius 3 is 2.19 bits per heavy atom. The molecule has 1 aliphatic heterocycles. The predicted octanol–water partition coefficient (Wildman–Crippen LogP) is 2.61. The third-order valence-electron chi connectivity index (χ3n) is 5.55. The zero-order valence-electron chi connectivity index (χ0n) is 19.3. The highest BCUT2D eigenvalue weighted by Crippen LogP contribution is 2.24. The number of anilines is 1. The Morgan fingerprint density at radius 1 is 1.06 bits per heavy atom. The minimum atomic E-state index is -3.64. The number of nitrogens with one attached hydrogen (secondary N) is 1. The Kier molecular flexibility index (Phi) is 7.92. The molecule has 2 aromatic rings. The fourth-order valence-corrected chi connectivity index (χ4v) is 5.16.